The summed E-state index contributed by atoms with van der Waals surface area (Å²) in [4.78, 5) is 21.6. The third-order valence-electron chi connectivity index (χ3n) is 2.47. The summed E-state index contributed by atoms with van der Waals surface area (Å²) >= 11 is 6.05. The number of halogens is 1. The molecule has 1 aromatic carbocycles. The molecule has 0 spiro atoms. The minimum Gasteiger partial charge on any atom is -0.326 e. The average molecular weight is 236 g/mol. The van der Waals surface area contributed by atoms with Crippen molar-refractivity contribution in [3.8, 4) is 0 Å². The first-order valence-electron chi connectivity index (χ1n) is 4.86. The molecule has 1 amide bonds. The molecule has 82 valence electrons. The van der Waals surface area contributed by atoms with Gasteiger partial charge in [0, 0.05) is 24.6 Å². The number of amides is 1. The predicted molar refractivity (Wildman–Crippen MR) is 63.3 cm³/mol. The molecule has 0 fully saturated rings. The molecular weight excluding hydrogens is 226 g/mol. The Morgan fingerprint density at radius 1 is 1.50 bits per heavy atom. The maximum atomic E-state index is 10.9. The molecule has 0 radical (unpaired) electrons. The highest BCUT2D eigenvalue weighted by atomic mass is 35.5. The number of carbonyl (C=O) groups is 2. The second-order valence-electron chi connectivity index (χ2n) is 3.69. The highest BCUT2D eigenvalue weighted by Gasteiger charge is 2.19. The Balaban J connectivity index is 2.40. The molecule has 0 bridgehead atoms. The van der Waals surface area contributed by atoms with Gasteiger partial charge in [-0.05, 0) is 23.3 Å². The molecule has 4 heteroatoms. The molecule has 1 aliphatic carbocycles. The van der Waals surface area contributed by atoms with Gasteiger partial charge in [-0.2, -0.15) is 0 Å². The topological polar surface area (TPSA) is 46.2 Å². The molecule has 0 saturated heterocycles. The van der Waals surface area contributed by atoms with Gasteiger partial charge in [-0.15, -0.1) is 0 Å². The van der Waals surface area contributed by atoms with Crippen molar-refractivity contribution in [2.45, 2.75) is 13.3 Å². The lowest BCUT2D eigenvalue weighted by Gasteiger charge is -2.05. The fraction of sp³-hybridized carbons (Fsp3) is 0.167. The normalized spacial score (nSPS) is 13.6. The van der Waals surface area contributed by atoms with Crippen LogP contribution >= 0.6 is 11.6 Å². The number of allylic oxidation sites excluding steroid dienone is 1. The fourth-order valence-electron chi connectivity index (χ4n) is 1.77. The quantitative estimate of drug-likeness (QED) is 0.800. The first-order valence-corrected chi connectivity index (χ1v) is 5.24. The molecule has 0 saturated carbocycles. The number of fused-ring (bicyclic) bond motifs is 1. The van der Waals surface area contributed by atoms with E-state index in [4.69, 9.17) is 11.6 Å². The van der Waals surface area contributed by atoms with Gasteiger partial charge in [0.2, 0.25) is 5.91 Å². The van der Waals surface area contributed by atoms with Crippen molar-refractivity contribution in [3.63, 3.8) is 0 Å². The summed E-state index contributed by atoms with van der Waals surface area (Å²) in [7, 11) is 0. The molecule has 3 nitrogen and oxygen atoms in total. The van der Waals surface area contributed by atoms with Crippen LogP contribution in [0.1, 0.15) is 18.1 Å². The molecule has 0 unspecified atom stereocenters. The summed E-state index contributed by atoms with van der Waals surface area (Å²) in [6, 6.07) is 5.47. The molecule has 2 rings (SSSR count). The molecule has 0 aliphatic heterocycles. The summed E-state index contributed by atoms with van der Waals surface area (Å²) < 4.78 is 0. The molecule has 16 heavy (non-hydrogen) atoms. The van der Waals surface area contributed by atoms with E-state index >= 15 is 0 Å². The van der Waals surface area contributed by atoms with Crippen LogP contribution in [0.5, 0.6) is 0 Å². The Kier molecular flexibility index (Phi) is 2.79. The van der Waals surface area contributed by atoms with Gasteiger partial charge in [0.25, 0.3) is 0 Å². The molecule has 1 aromatic rings. The van der Waals surface area contributed by atoms with Crippen LogP contribution in [0, 0.1) is 0 Å². The molecule has 0 atom stereocenters. The average Bonchev–Trinajstić information content (AvgIpc) is 2.55. The minimum atomic E-state index is -0.131. The zero-order valence-electron chi connectivity index (χ0n) is 8.71. The van der Waals surface area contributed by atoms with E-state index in [-0.39, 0.29) is 5.91 Å². The van der Waals surface area contributed by atoms with Gasteiger partial charge < -0.3 is 5.32 Å². The van der Waals surface area contributed by atoms with Gasteiger partial charge in [0.05, 0.1) is 5.03 Å². The van der Waals surface area contributed by atoms with Crippen LogP contribution in [0.4, 0.5) is 5.69 Å². The van der Waals surface area contributed by atoms with Gasteiger partial charge >= 0.3 is 0 Å². The first-order chi connectivity index (χ1) is 7.61. The highest BCUT2D eigenvalue weighted by molar-refractivity contribution is 6.51. The van der Waals surface area contributed by atoms with E-state index in [1.54, 1.807) is 12.1 Å². The maximum absolute atomic E-state index is 10.9. The largest absolute Gasteiger partial charge is 0.326 e. The number of hydrogen-bond acceptors (Lipinski definition) is 2. The first kappa shape index (κ1) is 10.9. The third-order valence-corrected chi connectivity index (χ3v) is 2.92. The van der Waals surface area contributed by atoms with Crippen molar-refractivity contribution in [2.24, 2.45) is 0 Å². The lowest BCUT2D eigenvalue weighted by atomic mass is 10.1. The van der Waals surface area contributed by atoms with E-state index in [0.717, 1.165) is 17.4 Å². The number of benzene rings is 1. The van der Waals surface area contributed by atoms with E-state index in [1.807, 2.05) is 6.07 Å². The third kappa shape index (κ3) is 1.86. The van der Waals surface area contributed by atoms with Crippen LogP contribution < -0.4 is 5.32 Å². The number of nitrogens with one attached hydrogen (secondary N) is 1. The van der Waals surface area contributed by atoms with Crippen LogP contribution in [0.3, 0.4) is 0 Å². The van der Waals surface area contributed by atoms with Crippen LogP contribution in [0.25, 0.3) is 5.03 Å². The van der Waals surface area contributed by atoms with Crippen LogP contribution in [0.15, 0.2) is 23.8 Å². The van der Waals surface area contributed by atoms with E-state index in [9.17, 15) is 9.59 Å². The second kappa shape index (κ2) is 4.10. The summed E-state index contributed by atoms with van der Waals surface area (Å²) in [5, 5.41) is 3.16. The van der Waals surface area contributed by atoms with Crippen LogP contribution in [-0.2, 0) is 16.0 Å². The van der Waals surface area contributed by atoms with Crippen molar-refractivity contribution in [1.82, 2.24) is 0 Å². The number of aldehydes is 1. The summed E-state index contributed by atoms with van der Waals surface area (Å²) in [6.07, 6.45) is 1.35. The number of rotatable bonds is 2. The standard InChI is InChI=1S/C12H10ClNO2/c1-7(16)14-10-3-2-8-4-9(6-15)12(13)11(8)5-10/h2-3,5-6H,4H2,1H3,(H,14,16). The lowest BCUT2D eigenvalue weighted by molar-refractivity contribution is -0.114. The number of hydrogen-bond donors (Lipinski definition) is 1. The van der Waals surface area contributed by atoms with Crippen LogP contribution in [0.2, 0.25) is 0 Å². The van der Waals surface area contributed by atoms with Crippen molar-refractivity contribution in [3.05, 3.63) is 34.9 Å². The van der Waals surface area contributed by atoms with E-state index in [0.29, 0.717) is 22.7 Å². The van der Waals surface area contributed by atoms with Gasteiger partial charge in [0.1, 0.15) is 6.29 Å². The number of carbonyl (C=O) groups excluding carboxylic acids is 2. The zero-order valence-corrected chi connectivity index (χ0v) is 9.47. The van der Waals surface area contributed by atoms with Gasteiger partial charge in [-0.25, -0.2) is 0 Å². The number of anilines is 1. The van der Waals surface area contributed by atoms with Gasteiger partial charge in [0.15, 0.2) is 0 Å². The van der Waals surface area contributed by atoms with E-state index < -0.39 is 0 Å². The monoisotopic (exact) mass is 235 g/mol. The molecule has 1 aliphatic rings. The van der Waals surface area contributed by atoms with Crippen LogP contribution in [-0.4, -0.2) is 12.2 Å². The molecule has 0 aromatic heterocycles. The molecular formula is C12H10ClNO2. The zero-order chi connectivity index (χ0) is 11.7. The van der Waals surface area contributed by atoms with Gasteiger partial charge in [-0.1, -0.05) is 17.7 Å². The highest BCUT2D eigenvalue weighted by Crippen LogP contribution is 2.36. The van der Waals surface area contributed by atoms with Gasteiger partial charge in [-0.3, -0.25) is 9.59 Å². The maximum Gasteiger partial charge on any atom is 0.221 e. The molecule has 1 N–H and O–H groups in total. The van der Waals surface area contributed by atoms with E-state index in [1.165, 1.54) is 6.92 Å². The second-order valence-corrected chi connectivity index (χ2v) is 4.06. The van der Waals surface area contributed by atoms with E-state index in [2.05, 4.69) is 5.32 Å². The Bertz CT molecular complexity index is 506. The summed E-state index contributed by atoms with van der Waals surface area (Å²) in [5.74, 6) is -0.131. The summed E-state index contributed by atoms with van der Waals surface area (Å²) in [6.45, 7) is 1.45. The Morgan fingerprint density at radius 3 is 2.88 bits per heavy atom. The van der Waals surface area contributed by atoms with Crippen molar-refractivity contribution in [2.75, 3.05) is 5.32 Å². The van der Waals surface area contributed by atoms with Crippen molar-refractivity contribution >= 4 is 34.5 Å². The Hall–Kier alpha value is -1.61. The minimum absolute atomic E-state index is 0.131. The van der Waals surface area contributed by atoms with Crippen molar-refractivity contribution in [1.29, 1.82) is 0 Å². The smallest absolute Gasteiger partial charge is 0.221 e. The lowest BCUT2D eigenvalue weighted by Crippen LogP contribution is -2.05. The predicted octanol–water partition coefficient (Wildman–Crippen LogP) is 2.35. The Labute approximate surface area is 98.1 Å². The summed E-state index contributed by atoms with van der Waals surface area (Å²) in [5.41, 5.74) is 3.13. The fourth-order valence-corrected chi connectivity index (χ4v) is 2.05. The van der Waals surface area contributed by atoms with Crippen molar-refractivity contribution < 1.29 is 9.59 Å². The Morgan fingerprint density at radius 2 is 2.25 bits per heavy atom. The molecule has 0 heterocycles. The SMILES string of the molecule is CC(=O)Nc1ccc2c(c1)C(Cl)=C(C=O)C2.